The van der Waals surface area contributed by atoms with E-state index in [9.17, 15) is 9.59 Å². The second-order valence-corrected chi connectivity index (χ2v) is 4.64. The topological polar surface area (TPSA) is 103 Å². The first-order chi connectivity index (χ1) is 10.7. The van der Waals surface area contributed by atoms with Gasteiger partial charge in [0.1, 0.15) is 6.54 Å². The van der Waals surface area contributed by atoms with E-state index >= 15 is 0 Å². The molecule has 0 aliphatic heterocycles. The molecule has 3 aromatic rings. The third-order valence-corrected chi connectivity index (χ3v) is 3.12. The molecule has 1 amide bonds. The summed E-state index contributed by atoms with van der Waals surface area (Å²) in [6.45, 7) is 1.88. The Labute approximate surface area is 124 Å². The van der Waals surface area contributed by atoms with Gasteiger partial charge in [-0.15, -0.1) is 10.2 Å². The van der Waals surface area contributed by atoms with Gasteiger partial charge in [-0.05, 0) is 12.1 Å². The van der Waals surface area contributed by atoms with Crippen LogP contribution in [0, 0.1) is 0 Å². The molecule has 2 heterocycles. The molecule has 1 N–H and O–H groups in total. The zero-order chi connectivity index (χ0) is 15.5. The summed E-state index contributed by atoms with van der Waals surface area (Å²) in [4.78, 5) is 23.7. The Morgan fingerprint density at radius 1 is 1.23 bits per heavy atom. The van der Waals surface area contributed by atoms with Crippen molar-refractivity contribution in [3.05, 3.63) is 46.6 Å². The average Bonchev–Trinajstić information content (AvgIpc) is 3.10. The molecule has 1 aromatic carbocycles. The minimum absolute atomic E-state index is 0.121. The van der Waals surface area contributed by atoms with Crippen LogP contribution in [-0.4, -0.2) is 20.7 Å². The zero-order valence-corrected chi connectivity index (χ0v) is 11.9. The molecule has 0 atom stereocenters. The molecule has 0 fully saturated rings. The number of nitrogens with zero attached hydrogens (tertiary/aromatic N) is 3. The highest BCUT2D eigenvalue weighted by Crippen LogP contribution is 2.11. The number of rotatable bonds is 5. The summed E-state index contributed by atoms with van der Waals surface area (Å²) in [5, 5.41) is 10.2. The molecular formula is C14H14N4O4. The van der Waals surface area contributed by atoms with Gasteiger partial charge >= 0.3 is 5.76 Å². The van der Waals surface area contributed by atoms with Gasteiger partial charge in [-0.25, -0.2) is 4.79 Å². The highest BCUT2D eigenvalue weighted by Gasteiger charge is 2.13. The standard InChI is InChI=1S/C14H14N4O4/c1-2-12-16-17-13(22-12)7-15-11(19)8-18-9-5-3-4-6-10(9)21-14(18)20/h3-6H,2,7-8H2,1H3,(H,15,19). The minimum Gasteiger partial charge on any atom is -0.423 e. The molecule has 0 saturated heterocycles. The van der Waals surface area contributed by atoms with Crippen molar-refractivity contribution in [3.8, 4) is 0 Å². The van der Waals surface area contributed by atoms with Crippen LogP contribution in [0.3, 0.4) is 0 Å². The first kappa shape index (κ1) is 14.1. The fraction of sp³-hybridized carbons (Fsp3) is 0.286. The molecule has 22 heavy (non-hydrogen) atoms. The van der Waals surface area contributed by atoms with Crippen molar-refractivity contribution in [2.24, 2.45) is 0 Å². The van der Waals surface area contributed by atoms with Gasteiger partial charge in [0, 0.05) is 6.42 Å². The Kier molecular flexibility index (Phi) is 3.73. The maximum atomic E-state index is 12.0. The number of amides is 1. The summed E-state index contributed by atoms with van der Waals surface area (Å²) >= 11 is 0. The van der Waals surface area contributed by atoms with Crippen molar-refractivity contribution in [1.29, 1.82) is 0 Å². The fourth-order valence-corrected chi connectivity index (χ4v) is 2.04. The lowest BCUT2D eigenvalue weighted by Gasteiger charge is -2.03. The number of aryl methyl sites for hydroxylation is 1. The predicted octanol–water partition coefficient (Wildman–Crippen LogP) is 0.856. The normalized spacial score (nSPS) is 11.0. The summed E-state index contributed by atoms with van der Waals surface area (Å²) in [7, 11) is 0. The van der Waals surface area contributed by atoms with Gasteiger partial charge in [-0.3, -0.25) is 9.36 Å². The summed E-state index contributed by atoms with van der Waals surface area (Å²) in [5.41, 5.74) is 1.03. The smallest absolute Gasteiger partial charge is 0.420 e. The lowest BCUT2D eigenvalue weighted by molar-refractivity contribution is -0.122. The Morgan fingerprint density at radius 2 is 2.00 bits per heavy atom. The minimum atomic E-state index is -0.567. The van der Waals surface area contributed by atoms with Gasteiger partial charge < -0.3 is 14.2 Å². The van der Waals surface area contributed by atoms with E-state index in [4.69, 9.17) is 8.83 Å². The quantitative estimate of drug-likeness (QED) is 0.749. The number of aromatic nitrogens is 3. The van der Waals surface area contributed by atoms with Crippen molar-refractivity contribution in [2.45, 2.75) is 26.4 Å². The summed E-state index contributed by atoms with van der Waals surface area (Å²) in [5.74, 6) is -0.0665. The van der Waals surface area contributed by atoms with E-state index < -0.39 is 5.76 Å². The van der Waals surface area contributed by atoms with Crippen molar-refractivity contribution in [2.75, 3.05) is 0 Å². The number of oxazole rings is 1. The Balaban J connectivity index is 1.68. The van der Waals surface area contributed by atoms with Crippen LogP contribution < -0.4 is 11.1 Å². The van der Waals surface area contributed by atoms with Crippen molar-refractivity contribution in [3.63, 3.8) is 0 Å². The molecule has 8 heteroatoms. The molecule has 0 aliphatic carbocycles. The van der Waals surface area contributed by atoms with E-state index in [2.05, 4.69) is 15.5 Å². The molecule has 3 rings (SSSR count). The van der Waals surface area contributed by atoms with Crippen LogP contribution in [0.2, 0.25) is 0 Å². The maximum absolute atomic E-state index is 12.0. The average molecular weight is 302 g/mol. The molecule has 114 valence electrons. The van der Waals surface area contributed by atoms with E-state index in [0.29, 0.717) is 29.3 Å². The van der Waals surface area contributed by atoms with Crippen LogP contribution in [0.1, 0.15) is 18.7 Å². The highest BCUT2D eigenvalue weighted by atomic mass is 16.4. The molecule has 0 spiro atoms. The molecule has 0 unspecified atom stereocenters. The highest BCUT2D eigenvalue weighted by molar-refractivity contribution is 5.79. The van der Waals surface area contributed by atoms with Gasteiger partial charge in [0.2, 0.25) is 17.7 Å². The van der Waals surface area contributed by atoms with Gasteiger partial charge in [-0.1, -0.05) is 19.1 Å². The number of carbonyl (C=O) groups is 1. The lowest BCUT2D eigenvalue weighted by atomic mass is 10.3. The van der Waals surface area contributed by atoms with Crippen LogP contribution in [0.15, 0.2) is 37.9 Å². The number of nitrogens with one attached hydrogen (secondary N) is 1. The number of benzene rings is 1. The van der Waals surface area contributed by atoms with E-state index in [0.717, 1.165) is 0 Å². The molecule has 8 nitrogen and oxygen atoms in total. The molecule has 0 bridgehead atoms. The van der Waals surface area contributed by atoms with E-state index in [-0.39, 0.29) is 19.0 Å². The van der Waals surface area contributed by atoms with Gasteiger partial charge in [0.05, 0.1) is 12.1 Å². The second kappa shape index (κ2) is 5.84. The molecule has 2 aromatic heterocycles. The van der Waals surface area contributed by atoms with E-state index in [1.807, 2.05) is 6.92 Å². The van der Waals surface area contributed by atoms with Crippen molar-refractivity contribution in [1.82, 2.24) is 20.1 Å². The summed E-state index contributed by atoms with van der Waals surface area (Å²) in [6.07, 6.45) is 0.636. The monoisotopic (exact) mass is 302 g/mol. The number of fused-ring (bicyclic) bond motifs is 1. The fourth-order valence-electron chi connectivity index (χ4n) is 2.04. The Bertz CT molecular complexity index is 861. The number of hydrogen-bond donors (Lipinski definition) is 1. The van der Waals surface area contributed by atoms with Gasteiger partial charge in [0.25, 0.3) is 0 Å². The molecule has 0 aliphatic rings. The largest absolute Gasteiger partial charge is 0.423 e. The summed E-state index contributed by atoms with van der Waals surface area (Å²) in [6, 6.07) is 6.93. The van der Waals surface area contributed by atoms with E-state index in [1.165, 1.54) is 4.57 Å². The number of carbonyl (C=O) groups excluding carboxylic acids is 1. The van der Waals surface area contributed by atoms with Crippen LogP contribution in [-0.2, 0) is 24.3 Å². The van der Waals surface area contributed by atoms with Crippen LogP contribution in [0.5, 0.6) is 0 Å². The first-order valence-electron chi connectivity index (χ1n) is 6.83. The first-order valence-corrected chi connectivity index (χ1v) is 6.83. The van der Waals surface area contributed by atoms with Crippen molar-refractivity contribution >= 4 is 17.0 Å². The van der Waals surface area contributed by atoms with Crippen molar-refractivity contribution < 1.29 is 13.6 Å². The second-order valence-electron chi connectivity index (χ2n) is 4.64. The molecular weight excluding hydrogens is 288 g/mol. The molecule has 0 radical (unpaired) electrons. The van der Waals surface area contributed by atoms with Crippen LogP contribution in [0.4, 0.5) is 0 Å². The predicted molar refractivity (Wildman–Crippen MR) is 76.0 cm³/mol. The Morgan fingerprint density at radius 3 is 2.77 bits per heavy atom. The van der Waals surface area contributed by atoms with Gasteiger partial charge in [-0.2, -0.15) is 0 Å². The van der Waals surface area contributed by atoms with Gasteiger partial charge in [0.15, 0.2) is 5.58 Å². The summed E-state index contributed by atoms with van der Waals surface area (Å²) < 4.78 is 11.6. The molecule has 0 saturated carbocycles. The van der Waals surface area contributed by atoms with Crippen LogP contribution >= 0.6 is 0 Å². The van der Waals surface area contributed by atoms with E-state index in [1.54, 1.807) is 24.3 Å². The zero-order valence-electron chi connectivity index (χ0n) is 11.9. The SMILES string of the molecule is CCc1nnc(CNC(=O)Cn2c(=O)oc3ccccc32)o1. The Hall–Kier alpha value is -2.90. The lowest BCUT2D eigenvalue weighted by Crippen LogP contribution is -2.30. The third kappa shape index (κ3) is 2.76. The number of para-hydroxylation sites is 2. The van der Waals surface area contributed by atoms with Crippen LogP contribution in [0.25, 0.3) is 11.1 Å². The third-order valence-electron chi connectivity index (χ3n) is 3.12. The number of hydrogen-bond acceptors (Lipinski definition) is 6. The maximum Gasteiger partial charge on any atom is 0.420 e.